The van der Waals surface area contributed by atoms with Crippen LogP contribution in [0.25, 0.3) is 0 Å². The summed E-state index contributed by atoms with van der Waals surface area (Å²) in [6.45, 7) is 8.82. The molecule has 112 valence electrons. The number of carbonyl (C=O) groups excluding carboxylic acids is 2. The molecule has 1 aliphatic heterocycles. The van der Waals surface area contributed by atoms with Gasteiger partial charge in [-0.3, -0.25) is 9.59 Å². The van der Waals surface area contributed by atoms with Gasteiger partial charge in [0.2, 0.25) is 11.8 Å². The zero-order chi connectivity index (χ0) is 15.2. The average Bonchev–Trinajstić information content (AvgIpc) is 3.10. The molecule has 5 heteroatoms. The van der Waals surface area contributed by atoms with Gasteiger partial charge in [0, 0.05) is 24.4 Å². The Bertz CT molecular complexity index is 514. The molecule has 1 fully saturated rings. The highest BCUT2D eigenvalue weighted by molar-refractivity contribution is 7.09. The van der Waals surface area contributed by atoms with E-state index < -0.39 is 0 Å². The number of thiophene rings is 1. The molecule has 1 saturated heterocycles. The summed E-state index contributed by atoms with van der Waals surface area (Å²) in [6.07, 6.45) is 4.43. The summed E-state index contributed by atoms with van der Waals surface area (Å²) in [7, 11) is 0. The van der Waals surface area contributed by atoms with Gasteiger partial charge in [-0.2, -0.15) is 0 Å². The van der Waals surface area contributed by atoms with Crippen LogP contribution in [-0.4, -0.2) is 40.7 Å². The molecule has 1 aromatic heterocycles. The predicted molar refractivity (Wildman–Crippen MR) is 84.9 cm³/mol. The van der Waals surface area contributed by atoms with Crippen LogP contribution < -0.4 is 0 Å². The van der Waals surface area contributed by atoms with Gasteiger partial charge in [0.1, 0.15) is 6.04 Å². The number of likely N-dealkylation sites (tertiary alicyclic amines) is 1. The molecule has 0 spiro atoms. The maximum Gasteiger partial charge on any atom is 0.245 e. The smallest absolute Gasteiger partial charge is 0.245 e. The third-order valence-corrected chi connectivity index (χ3v) is 4.39. The van der Waals surface area contributed by atoms with Crippen molar-refractivity contribution in [2.45, 2.75) is 25.4 Å². The maximum atomic E-state index is 12.6. The Hall–Kier alpha value is -1.88. The quantitative estimate of drug-likeness (QED) is 0.726. The summed E-state index contributed by atoms with van der Waals surface area (Å²) in [6, 6.07) is 3.59. The minimum Gasteiger partial charge on any atom is -0.333 e. The normalized spacial score (nSPS) is 17.8. The molecule has 1 aliphatic rings. The monoisotopic (exact) mass is 304 g/mol. The highest BCUT2D eigenvalue weighted by Crippen LogP contribution is 2.24. The van der Waals surface area contributed by atoms with Gasteiger partial charge >= 0.3 is 0 Å². The third-order valence-electron chi connectivity index (χ3n) is 3.53. The van der Waals surface area contributed by atoms with Gasteiger partial charge in [-0.1, -0.05) is 18.2 Å². The summed E-state index contributed by atoms with van der Waals surface area (Å²) in [5.74, 6) is 0.0381. The van der Waals surface area contributed by atoms with Crippen molar-refractivity contribution in [1.29, 1.82) is 0 Å². The van der Waals surface area contributed by atoms with Crippen molar-refractivity contribution in [3.63, 3.8) is 0 Å². The molecule has 0 bridgehead atoms. The van der Waals surface area contributed by atoms with E-state index in [-0.39, 0.29) is 17.9 Å². The largest absolute Gasteiger partial charge is 0.333 e. The van der Waals surface area contributed by atoms with Crippen LogP contribution in [0.15, 0.2) is 42.8 Å². The summed E-state index contributed by atoms with van der Waals surface area (Å²) < 4.78 is 0. The molecule has 0 aromatic carbocycles. The molecule has 0 unspecified atom stereocenters. The van der Waals surface area contributed by atoms with Gasteiger partial charge in [0.25, 0.3) is 0 Å². The van der Waals surface area contributed by atoms with Crippen molar-refractivity contribution in [1.82, 2.24) is 9.80 Å². The molecule has 2 heterocycles. The third kappa shape index (κ3) is 3.61. The first-order chi connectivity index (χ1) is 10.2. The van der Waals surface area contributed by atoms with Crippen molar-refractivity contribution in [3.05, 3.63) is 47.7 Å². The lowest BCUT2D eigenvalue weighted by molar-refractivity contribution is -0.141. The number of rotatable bonds is 7. The van der Waals surface area contributed by atoms with Gasteiger partial charge in [-0.25, -0.2) is 0 Å². The van der Waals surface area contributed by atoms with Gasteiger partial charge < -0.3 is 9.80 Å². The summed E-state index contributed by atoms with van der Waals surface area (Å²) in [4.78, 5) is 29.2. The molecule has 0 saturated carbocycles. The number of amides is 2. The molecular weight excluding hydrogens is 284 g/mol. The topological polar surface area (TPSA) is 40.6 Å². The lowest BCUT2D eigenvalue weighted by Crippen LogP contribution is -2.46. The van der Waals surface area contributed by atoms with Crippen LogP contribution in [0.4, 0.5) is 0 Å². The summed E-state index contributed by atoms with van der Waals surface area (Å²) >= 11 is 1.60. The van der Waals surface area contributed by atoms with E-state index in [0.29, 0.717) is 32.5 Å². The van der Waals surface area contributed by atoms with Crippen LogP contribution in [0.1, 0.15) is 17.7 Å². The van der Waals surface area contributed by atoms with Crippen molar-refractivity contribution >= 4 is 23.2 Å². The van der Waals surface area contributed by atoms with Crippen molar-refractivity contribution in [2.75, 3.05) is 13.1 Å². The fourth-order valence-corrected chi connectivity index (χ4v) is 3.24. The molecule has 2 rings (SSSR count). The van der Waals surface area contributed by atoms with E-state index in [1.807, 2.05) is 17.5 Å². The second kappa shape index (κ2) is 7.22. The Kier molecular flexibility index (Phi) is 5.33. The first-order valence-electron chi connectivity index (χ1n) is 6.99. The molecule has 0 aliphatic carbocycles. The highest BCUT2D eigenvalue weighted by Gasteiger charge is 2.37. The van der Waals surface area contributed by atoms with Gasteiger partial charge in [-0.15, -0.1) is 24.5 Å². The van der Waals surface area contributed by atoms with Crippen molar-refractivity contribution < 1.29 is 9.59 Å². The Morgan fingerprint density at radius 2 is 2.14 bits per heavy atom. The second-order valence-electron chi connectivity index (χ2n) is 4.98. The predicted octanol–water partition coefficient (Wildman–Crippen LogP) is 2.44. The Morgan fingerprint density at radius 3 is 2.71 bits per heavy atom. The lowest BCUT2D eigenvalue weighted by atomic mass is 10.2. The van der Waals surface area contributed by atoms with Crippen LogP contribution in [0.5, 0.6) is 0 Å². The fourth-order valence-electron chi connectivity index (χ4n) is 2.54. The van der Waals surface area contributed by atoms with Crippen molar-refractivity contribution in [3.8, 4) is 0 Å². The van der Waals surface area contributed by atoms with Crippen LogP contribution >= 0.6 is 11.3 Å². The lowest BCUT2D eigenvalue weighted by Gasteiger charge is -2.29. The van der Waals surface area contributed by atoms with Crippen molar-refractivity contribution in [2.24, 2.45) is 0 Å². The van der Waals surface area contributed by atoms with E-state index in [1.165, 1.54) is 0 Å². The first-order valence-corrected chi connectivity index (χ1v) is 7.87. The maximum absolute atomic E-state index is 12.6. The van der Waals surface area contributed by atoms with Crippen LogP contribution in [-0.2, 0) is 16.1 Å². The molecule has 21 heavy (non-hydrogen) atoms. The number of nitrogens with zero attached hydrogens (tertiary/aromatic N) is 2. The zero-order valence-electron chi connectivity index (χ0n) is 12.0. The standard InChI is InChI=1S/C16H20N2O2S/c1-3-9-17(10-4-2)16(20)14-7-8-15(19)18(14)12-13-6-5-11-21-13/h3-6,11,14H,1-2,7-10,12H2/t14-/m0/s1. The molecule has 2 amide bonds. The zero-order valence-corrected chi connectivity index (χ0v) is 12.8. The van der Waals surface area contributed by atoms with Gasteiger partial charge in [0.05, 0.1) is 6.54 Å². The average molecular weight is 304 g/mol. The minimum atomic E-state index is -0.362. The SMILES string of the molecule is C=CCN(CC=C)C(=O)[C@@H]1CCC(=O)N1Cc1cccs1. The van der Waals surface area contributed by atoms with E-state index in [9.17, 15) is 9.59 Å². The molecular formula is C16H20N2O2S. The minimum absolute atomic E-state index is 0.0165. The summed E-state index contributed by atoms with van der Waals surface area (Å²) in [5, 5.41) is 1.98. The second-order valence-corrected chi connectivity index (χ2v) is 6.01. The molecule has 1 atom stereocenters. The Balaban J connectivity index is 2.11. The fraction of sp³-hybridized carbons (Fsp3) is 0.375. The molecule has 4 nitrogen and oxygen atoms in total. The number of hydrogen-bond donors (Lipinski definition) is 0. The van der Waals surface area contributed by atoms with E-state index in [1.54, 1.807) is 33.3 Å². The number of carbonyl (C=O) groups is 2. The van der Waals surface area contributed by atoms with E-state index in [0.717, 1.165) is 4.88 Å². The van der Waals surface area contributed by atoms with Crippen LogP contribution in [0.3, 0.4) is 0 Å². The summed E-state index contributed by atoms with van der Waals surface area (Å²) in [5.41, 5.74) is 0. The van der Waals surface area contributed by atoms with E-state index in [4.69, 9.17) is 0 Å². The van der Waals surface area contributed by atoms with Crippen LogP contribution in [0.2, 0.25) is 0 Å². The van der Waals surface area contributed by atoms with Gasteiger partial charge in [0.15, 0.2) is 0 Å². The first kappa shape index (κ1) is 15.5. The van der Waals surface area contributed by atoms with E-state index >= 15 is 0 Å². The molecule has 1 aromatic rings. The van der Waals surface area contributed by atoms with Gasteiger partial charge in [-0.05, 0) is 17.9 Å². The molecule has 0 radical (unpaired) electrons. The molecule has 0 N–H and O–H groups in total. The Morgan fingerprint density at radius 1 is 1.43 bits per heavy atom. The highest BCUT2D eigenvalue weighted by atomic mass is 32.1. The number of hydrogen-bond acceptors (Lipinski definition) is 3. The van der Waals surface area contributed by atoms with Crippen LogP contribution in [0, 0.1) is 0 Å². The van der Waals surface area contributed by atoms with E-state index in [2.05, 4.69) is 13.2 Å². The Labute approximate surface area is 129 Å².